The highest BCUT2D eigenvalue weighted by molar-refractivity contribution is 7.25. The summed E-state index contributed by atoms with van der Waals surface area (Å²) in [6.07, 6.45) is 7.48. The zero-order valence-corrected chi connectivity index (χ0v) is 15.6. The Hall–Kier alpha value is -2.80. The van der Waals surface area contributed by atoms with Crippen molar-refractivity contribution in [3.63, 3.8) is 0 Å². The summed E-state index contributed by atoms with van der Waals surface area (Å²) in [5.74, 6) is -0.337. The molecule has 0 saturated carbocycles. The Morgan fingerprint density at radius 1 is 1.19 bits per heavy atom. The Morgan fingerprint density at radius 2 is 2.00 bits per heavy atom. The maximum Gasteiger partial charge on any atom is 0.275 e. The number of aromatic nitrogens is 3. The summed E-state index contributed by atoms with van der Waals surface area (Å²) in [4.78, 5) is 24.4. The van der Waals surface area contributed by atoms with Gasteiger partial charge in [-0.25, -0.2) is 9.37 Å². The van der Waals surface area contributed by atoms with Gasteiger partial charge in [-0.3, -0.25) is 14.3 Å². The molecule has 27 heavy (non-hydrogen) atoms. The van der Waals surface area contributed by atoms with Crippen molar-refractivity contribution in [3.05, 3.63) is 58.7 Å². The van der Waals surface area contributed by atoms with Crippen LogP contribution in [-0.2, 0) is 0 Å². The lowest BCUT2D eigenvalue weighted by atomic mass is 10.2. The van der Waals surface area contributed by atoms with Crippen LogP contribution in [0.3, 0.4) is 0 Å². The molecule has 0 bridgehead atoms. The second kappa shape index (κ2) is 6.13. The van der Waals surface area contributed by atoms with Gasteiger partial charge in [0, 0.05) is 24.7 Å². The summed E-state index contributed by atoms with van der Waals surface area (Å²) in [5.41, 5.74) is 2.59. The quantitative estimate of drug-likeness (QED) is 0.527. The van der Waals surface area contributed by atoms with Crippen LogP contribution in [0.1, 0.15) is 18.4 Å². The van der Waals surface area contributed by atoms with Crippen LogP contribution in [0.2, 0.25) is 0 Å². The highest BCUT2D eigenvalue weighted by atomic mass is 32.1. The number of halogens is 1. The highest BCUT2D eigenvalue weighted by Gasteiger charge is 2.20. The van der Waals surface area contributed by atoms with Gasteiger partial charge in [0.1, 0.15) is 16.8 Å². The van der Waals surface area contributed by atoms with Crippen molar-refractivity contribution in [2.75, 3.05) is 18.0 Å². The van der Waals surface area contributed by atoms with Crippen molar-refractivity contribution in [2.24, 2.45) is 0 Å². The fourth-order valence-corrected chi connectivity index (χ4v) is 4.75. The first-order valence-electron chi connectivity index (χ1n) is 8.93. The molecular weight excluding hydrogens is 363 g/mol. The number of thiophene rings is 1. The van der Waals surface area contributed by atoms with Gasteiger partial charge >= 0.3 is 0 Å². The first-order chi connectivity index (χ1) is 13.1. The second-order valence-corrected chi connectivity index (χ2v) is 7.91. The molecule has 136 valence electrons. The van der Waals surface area contributed by atoms with Gasteiger partial charge < -0.3 is 4.90 Å². The maximum atomic E-state index is 14.0. The minimum absolute atomic E-state index is 0.183. The standard InChI is InChI=1S/C20H17FN4OS/c1-12-4-5-13(8-14(12)21)25-11-23-18-17-15(24-6-2-3-7-24)9-22-10-16(17)27-19(18)20(25)26/h4-5,8-11H,2-3,6-7H2,1H3. The van der Waals surface area contributed by atoms with Crippen molar-refractivity contribution in [3.8, 4) is 5.69 Å². The van der Waals surface area contributed by atoms with Gasteiger partial charge in [0.25, 0.3) is 5.56 Å². The first-order valence-corrected chi connectivity index (χ1v) is 9.74. The minimum Gasteiger partial charge on any atom is -0.370 e. The molecule has 0 radical (unpaired) electrons. The van der Waals surface area contributed by atoms with E-state index in [1.807, 2.05) is 6.20 Å². The van der Waals surface area contributed by atoms with E-state index in [2.05, 4.69) is 14.9 Å². The average molecular weight is 380 g/mol. The van der Waals surface area contributed by atoms with Gasteiger partial charge in [0.2, 0.25) is 0 Å². The fourth-order valence-electron chi connectivity index (χ4n) is 3.68. The fraction of sp³-hybridized carbons (Fsp3) is 0.250. The van der Waals surface area contributed by atoms with E-state index in [0.717, 1.165) is 41.7 Å². The summed E-state index contributed by atoms with van der Waals surface area (Å²) in [6, 6.07) is 4.77. The summed E-state index contributed by atoms with van der Waals surface area (Å²) >= 11 is 1.40. The molecule has 0 amide bonds. The van der Waals surface area contributed by atoms with E-state index >= 15 is 0 Å². The molecular formula is C20H17FN4OS. The van der Waals surface area contributed by atoms with Crippen molar-refractivity contribution in [2.45, 2.75) is 19.8 Å². The zero-order valence-electron chi connectivity index (χ0n) is 14.8. The Bertz CT molecular complexity index is 1240. The number of pyridine rings is 1. The van der Waals surface area contributed by atoms with E-state index in [1.165, 1.54) is 28.3 Å². The number of nitrogens with zero attached hydrogens (tertiary/aromatic N) is 4. The van der Waals surface area contributed by atoms with E-state index in [1.54, 1.807) is 25.3 Å². The number of aryl methyl sites for hydroxylation is 1. The molecule has 1 fully saturated rings. The normalized spacial score (nSPS) is 14.5. The Morgan fingerprint density at radius 3 is 2.78 bits per heavy atom. The molecule has 4 heterocycles. The minimum atomic E-state index is -0.337. The number of rotatable bonds is 2. The number of hydrogen-bond acceptors (Lipinski definition) is 5. The molecule has 1 saturated heterocycles. The molecule has 1 aliphatic heterocycles. The SMILES string of the molecule is Cc1ccc(-n2cnc3c(sc4cncc(N5CCCC5)c43)c2=O)cc1F. The van der Waals surface area contributed by atoms with E-state index < -0.39 is 0 Å². The van der Waals surface area contributed by atoms with Gasteiger partial charge in [0.05, 0.1) is 27.8 Å². The Kier molecular flexibility index (Phi) is 3.72. The van der Waals surface area contributed by atoms with Crippen LogP contribution in [0.5, 0.6) is 0 Å². The number of fused-ring (bicyclic) bond motifs is 3. The molecule has 5 rings (SSSR count). The highest BCUT2D eigenvalue weighted by Crippen LogP contribution is 2.37. The van der Waals surface area contributed by atoms with Crippen LogP contribution in [-0.4, -0.2) is 27.6 Å². The van der Waals surface area contributed by atoms with Crippen molar-refractivity contribution in [1.29, 1.82) is 0 Å². The predicted octanol–water partition coefficient (Wildman–Crippen LogP) is 4.04. The Labute approximate surface area is 158 Å². The molecule has 1 aromatic carbocycles. The van der Waals surface area contributed by atoms with Crippen LogP contribution < -0.4 is 10.5 Å². The van der Waals surface area contributed by atoms with Gasteiger partial charge in [-0.2, -0.15) is 0 Å². The van der Waals surface area contributed by atoms with Crippen LogP contribution in [0.15, 0.2) is 41.7 Å². The van der Waals surface area contributed by atoms with E-state index in [9.17, 15) is 9.18 Å². The van der Waals surface area contributed by atoms with Crippen molar-refractivity contribution >= 4 is 37.3 Å². The van der Waals surface area contributed by atoms with Gasteiger partial charge in [-0.15, -0.1) is 11.3 Å². The van der Waals surface area contributed by atoms with Gasteiger partial charge in [-0.1, -0.05) is 6.07 Å². The third-order valence-corrected chi connectivity index (χ3v) is 6.25. The lowest BCUT2D eigenvalue weighted by Gasteiger charge is -2.18. The summed E-state index contributed by atoms with van der Waals surface area (Å²) in [6.45, 7) is 3.69. The second-order valence-electron chi connectivity index (χ2n) is 6.86. The summed E-state index contributed by atoms with van der Waals surface area (Å²) in [7, 11) is 0. The molecule has 5 nitrogen and oxygen atoms in total. The lowest BCUT2D eigenvalue weighted by molar-refractivity contribution is 0.617. The van der Waals surface area contributed by atoms with E-state index in [0.29, 0.717) is 21.5 Å². The topological polar surface area (TPSA) is 51.0 Å². The molecule has 0 atom stereocenters. The largest absolute Gasteiger partial charge is 0.370 e. The maximum absolute atomic E-state index is 14.0. The lowest BCUT2D eigenvalue weighted by Crippen LogP contribution is -2.19. The third-order valence-electron chi connectivity index (χ3n) is 5.15. The molecule has 0 N–H and O–H groups in total. The van der Waals surface area contributed by atoms with Crippen LogP contribution in [0, 0.1) is 12.7 Å². The molecule has 0 unspecified atom stereocenters. The number of hydrogen-bond donors (Lipinski definition) is 0. The van der Waals surface area contributed by atoms with Crippen LogP contribution in [0.4, 0.5) is 10.1 Å². The average Bonchev–Trinajstić information content (AvgIpc) is 3.32. The van der Waals surface area contributed by atoms with Crippen LogP contribution in [0.25, 0.3) is 26.0 Å². The summed E-state index contributed by atoms with van der Waals surface area (Å²) < 4.78 is 16.9. The molecule has 0 aliphatic carbocycles. The smallest absolute Gasteiger partial charge is 0.275 e. The molecule has 0 spiro atoms. The van der Waals surface area contributed by atoms with E-state index in [-0.39, 0.29) is 11.4 Å². The zero-order chi connectivity index (χ0) is 18.5. The number of benzene rings is 1. The van der Waals surface area contributed by atoms with Crippen molar-refractivity contribution in [1.82, 2.24) is 14.5 Å². The Balaban J connectivity index is 1.75. The van der Waals surface area contributed by atoms with Gasteiger partial charge in [0.15, 0.2) is 0 Å². The molecule has 1 aliphatic rings. The first kappa shape index (κ1) is 16.4. The van der Waals surface area contributed by atoms with Crippen LogP contribution >= 0.6 is 11.3 Å². The van der Waals surface area contributed by atoms with Crippen molar-refractivity contribution < 1.29 is 4.39 Å². The summed E-state index contributed by atoms with van der Waals surface area (Å²) in [5, 5.41) is 0.992. The van der Waals surface area contributed by atoms with Gasteiger partial charge in [-0.05, 0) is 37.5 Å². The van der Waals surface area contributed by atoms with E-state index in [4.69, 9.17) is 0 Å². The number of anilines is 1. The molecule has 7 heteroatoms. The molecule has 3 aromatic heterocycles. The third kappa shape index (κ3) is 2.53. The monoisotopic (exact) mass is 380 g/mol. The predicted molar refractivity (Wildman–Crippen MR) is 107 cm³/mol. The molecule has 4 aromatic rings.